The van der Waals surface area contributed by atoms with E-state index in [1.165, 1.54) is 0 Å². The minimum absolute atomic E-state index is 0.0743. The van der Waals surface area contributed by atoms with Crippen molar-refractivity contribution in [3.63, 3.8) is 0 Å². The third kappa shape index (κ3) is 5.37. The molecule has 0 unspecified atom stereocenters. The SMILES string of the molecule is CCSc1ccc(Cl)cc1NC(=O)COc1ccc(OC)cc1. The van der Waals surface area contributed by atoms with Gasteiger partial charge in [0.25, 0.3) is 5.91 Å². The quantitative estimate of drug-likeness (QED) is 0.747. The van der Waals surface area contributed by atoms with Gasteiger partial charge in [-0.05, 0) is 48.2 Å². The van der Waals surface area contributed by atoms with Gasteiger partial charge in [0.2, 0.25) is 0 Å². The van der Waals surface area contributed by atoms with E-state index in [1.807, 2.05) is 12.1 Å². The fourth-order valence-electron chi connectivity index (χ4n) is 1.89. The smallest absolute Gasteiger partial charge is 0.262 e. The maximum atomic E-state index is 12.1. The number of nitrogens with one attached hydrogen (secondary N) is 1. The summed E-state index contributed by atoms with van der Waals surface area (Å²) in [5.74, 6) is 2.02. The van der Waals surface area contributed by atoms with Crippen LogP contribution in [0, 0.1) is 0 Å². The first-order valence-corrected chi connectivity index (χ1v) is 8.47. The second-order valence-corrected chi connectivity index (χ2v) is 6.33. The number of thioether (sulfide) groups is 1. The Bertz CT molecular complexity index is 661. The Kier molecular flexibility index (Phi) is 6.62. The zero-order chi connectivity index (χ0) is 16.7. The summed E-state index contributed by atoms with van der Waals surface area (Å²) in [5.41, 5.74) is 0.702. The van der Waals surface area contributed by atoms with E-state index in [-0.39, 0.29) is 12.5 Å². The maximum absolute atomic E-state index is 12.1. The van der Waals surface area contributed by atoms with Crippen molar-refractivity contribution in [2.75, 3.05) is 24.8 Å². The van der Waals surface area contributed by atoms with Crippen LogP contribution in [0.2, 0.25) is 5.02 Å². The summed E-state index contributed by atoms with van der Waals surface area (Å²) in [5, 5.41) is 3.42. The minimum atomic E-state index is -0.235. The first-order valence-electron chi connectivity index (χ1n) is 7.11. The number of methoxy groups -OCH3 is 1. The Hall–Kier alpha value is -1.85. The van der Waals surface area contributed by atoms with Crippen LogP contribution in [-0.4, -0.2) is 25.4 Å². The van der Waals surface area contributed by atoms with Crippen molar-refractivity contribution in [2.45, 2.75) is 11.8 Å². The molecule has 2 aromatic rings. The molecule has 2 aromatic carbocycles. The molecule has 6 heteroatoms. The third-order valence-corrected chi connectivity index (χ3v) is 4.14. The molecule has 1 N–H and O–H groups in total. The third-order valence-electron chi connectivity index (χ3n) is 2.94. The molecule has 0 radical (unpaired) electrons. The molecule has 4 nitrogen and oxygen atoms in total. The van der Waals surface area contributed by atoms with Crippen molar-refractivity contribution in [2.24, 2.45) is 0 Å². The van der Waals surface area contributed by atoms with Crippen molar-refractivity contribution in [3.05, 3.63) is 47.5 Å². The Balaban J connectivity index is 1.95. The van der Waals surface area contributed by atoms with E-state index >= 15 is 0 Å². The Labute approximate surface area is 145 Å². The number of hydrogen-bond donors (Lipinski definition) is 1. The molecule has 0 heterocycles. The standard InChI is InChI=1S/C17H18ClNO3S/c1-3-23-16-9-4-12(18)10-15(16)19-17(20)11-22-14-7-5-13(21-2)6-8-14/h4-10H,3,11H2,1-2H3,(H,19,20). The van der Waals surface area contributed by atoms with Crippen LogP contribution in [-0.2, 0) is 4.79 Å². The van der Waals surface area contributed by atoms with Gasteiger partial charge in [-0.15, -0.1) is 11.8 Å². The summed E-state index contributed by atoms with van der Waals surface area (Å²) in [6.45, 7) is 1.98. The molecule has 0 atom stereocenters. The molecule has 0 aromatic heterocycles. The molecule has 0 aliphatic heterocycles. The van der Waals surface area contributed by atoms with Crippen molar-refractivity contribution < 1.29 is 14.3 Å². The molecule has 2 rings (SSSR count). The lowest BCUT2D eigenvalue weighted by Gasteiger charge is -2.11. The molecule has 122 valence electrons. The number of amides is 1. The van der Waals surface area contributed by atoms with Gasteiger partial charge in [-0.25, -0.2) is 0 Å². The normalized spacial score (nSPS) is 10.2. The summed E-state index contributed by atoms with van der Waals surface area (Å²) in [6, 6.07) is 12.5. The van der Waals surface area contributed by atoms with Crippen LogP contribution < -0.4 is 14.8 Å². The van der Waals surface area contributed by atoms with E-state index in [4.69, 9.17) is 21.1 Å². The Morgan fingerprint density at radius 1 is 1.17 bits per heavy atom. The van der Waals surface area contributed by atoms with Crippen LogP contribution in [0.4, 0.5) is 5.69 Å². The van der Waals surface area contributed by atoms with Gasteiger partial charge in [0.1, 0.15) is 11.5 Å². The van der Waals surface area contributed by atoms with Gasteiger partial charge in [-0.2, -0.15) is 0 Å². The van der Waals surface area contributed by atoms with Crippen LogP contribution in [0.15, 0.2) is 47.4 Å². The molecule has 1 amide bonds. The predicted octanol–water partition coefficient (Wildman–Crippen LogP) is 4.48. The molecule has 0 bridgehead atoms. The molecule has 0 fully saturated rings. The zero-order valence-corrected chi connectivity index (χ0v) is 14.5. The molecule has 0 spiro atoms. The highest BCUT2D eigenvalue weighted by Gasteiger charge is 2.09. The van der Waals surface area contributed by atoms with Crippen LogP contribution in [0.25, 0.3) is 0 Å². The van der Waals surface area contributed by atoms with Crippen LogP contribution >= 0.6 is 23.4 Å². The maximum Gasteiger partial charge on any atom is 0.262 e. The van der Waals surface area contributed by atoms with Gasteiger partial charge in [0.15, 0.2) is 6.61 Å². The fraction of sp³-hybridized carbons (Fsp3) is 0.235. The summed E-state index contributed by atoms with van der Waals surface area (Å²) in [4.78, 5) is 13.0. The Morgan fingerprint density at radius 3 is 2.52 bits per heavy atom. The minimum Gasteiger partial charge on any atom is -0.497 e. The lowest BCUT2D eigenvalue weighted by molar-refractivity contribution is -0.118. The summed E-state index contributed by atoms with van der Waals surface area (Å²) in [6.07, 6.45) is 0. The van der Waals surface area contributed by atoms with Gasteiger partial charge < -0.3 is 14.8 Å². The second-order valence-electron chi connectivity index (χ2n) is 4.59. The zero-order valence-electron chi connectivity index (χ0n) is 13.0. The van der Waals surface area contributed by atoms with Gasteiger partial charge >= 0.3 is 0 Å². The molecular weight excluding hydrogens is 334 g/mol. The van der Waals surface area contributed by atoms with Crippen molar-refractivity contribution in [1.82, 2.24) is 0 Å². The van der Waals surface area contributed by atoms with E-state index in [9.17, 15) is 4.79 Å². The highest BCUT2D eigenvalue weighted by molar-refractivity contribution is 7.99. The molecule has 0 aliphatic rings. The van der Waals surface area contributed by atoms with Crippen molar-refractivity contribution in [1.29, 1.82) is 0 Å². The van der Waals surface area contributed by atoms with Gasteiger partial charge in [0, 0.05) is 9.92 Å². The van der Waals surface area contributed by atoms with Gasteiger partial charge in [-0.1, -0.05) is 18.5 Å². The second kappa shape index (κ2) is 8.70. The monoisotopic (exact) mass is 351 g/mol. The van der Waals surface area contributed by atoms with Crippen LogP contribution in [0.3, 0.4) is 0 Å². The first kappa shape index (κ1) is 17.5. The van der Waals surface area contributed by atoms with Gasteiger partial charge in [-0.3, -0.25) is 4.79 Å². The topological polar surface area (TPSA) is 47.6 Å². The highest BCUT2D eigenvalue weighted by atomic mass is 35.5. The number of carbonyl (C=O) groups excluding carboxylic acids is 1. The average molecular weight is 352 g/mol. The lowest BCUT2D eigenvalue weighted by atomic mass is 10.3. The predicted molar refractivity (Wildman–Crippen MR) is 95.0 cm³/mol. The summed E-state index contributed by atoms with van der Waals surface area (Å²) < 4.78 is 10.5. The van der Waals surface area contributed by atoms with E-state index in [2.05, 4.69) is 12.2 Å². The molecule has 0 saturated heterocycles. The number of anilines is 1. The van der Waals surface area contributed by atoms with Crippen molar-refractivity contribution >= 4 is 35.0 Å². The van der Waals surface area contributed by atoms with E-state index in [1.54, 1.807) is 49.2 Å². The fourth-order valence-corrected chi connectivity index (χ4v) is 2.80. The number of halogens is 1. The molecular formula is C17H18ClNO3S. The largest absolute Gasteiger partial charge is 0.497 e. The van der Waals surface area contributed by atoms with Crippen molar-refractivity contribution in [3.8, 4) is 11.5 Å². The molecule has 23 heavy (non-hydrogen) atoms. The number of benzene rings is 2. The Morgan fingerprint density at radius 2 is 1.87 bits per heavy atom. The summed E-state index contributed by atoms with van der Waals surface area (Å²) >= 11 is 7.64. The van der Waals surface area contributed by atoms with Crippen LogP contribution in [0.5, 0.6) is 11.5 Å². The number of ether oxygens (including phenoxy) is 2. The van der Waals surface area contributed by atoms with E-state index in [0.29, 0.717) is 16.5 Å². The van der Waals surface area contributed by atoms with E-state index < -0.39 is 0 Å². The molecule has 0 aliphatic carbocycles. The lowest BCUT2D eigenvalue weighted by Crippen LogP contribution is -2.20. The van der Waals surface area contributed by atoms with Gasteiger partial charge in [0.05, 0.1) is 12.8 Å². The first-order chi connectivity index (χ1) is 11.1. The average Bonchev–Trinajstić information content (AvgIpc) is 2.56. The number of rotatable bonds is 7. The van der Waals surface area contributed by atoms with E-state index in [0.717, 1.165) is 16.4 Å². The highest BCUT2D eigenvalue weighted by Crippen LogP contribution is 2.29. The number of hydrogen-bond acceptors (Lipinski definition) is 4. The number of carbonyl (C=O) groups is 1. The molecule has 0 saturated carbocycles. The van der Waals surface area contributed by atoms with Crippen LogP contribution in [0.1, 0.15) is 6.92 Å². The summed E-state index contributed by atoms with van der Waals surface area (Å²) in [7, 11) is 1.60.